The molecule has 0 bridgehead atoms. The number of amides is 1. The van der Waals surface area contributed by atoms with Crippen molar-refractivity contribution in [2.24, 2.45) is 22.9 Å². The fourth-order valence-electron chi connectivity index (χ4n) is 9.15. The van der Waals surface area contributed by atoms with E-state index in [1.807, 2.05) is 44.2 Å². The van der Waals surface area contributed by atoms with Gasteiger partial charge in [0.15, 0.2) is 0 Å². The zero-order valence-corrected chi connectivity index (χ0v) is 33.7. The van der Waals surface area contributed by atoms with Crippen LogP contribution in [0.3, 0.4) is 0 Å². The third-order valence-electron chi connectivity index (χ3n) is 11.5. The molecular formula is C47H60N2O8. The fraction of sp³-hybridized carbons (Fsp3) is 0.489. The molecule has 3 aromatic rings. The Bertz CT molecular complexity index is 1890. The molecule has 3 aromatic carbocycles. The highest BCUT2D eigenvalue weighted by atomic mass is 16.7. The number of ether oxygens (including phenoxy) is 4. The Morgan fingerprint density at radius 2 is 1.72 bits per heavy atom. The maximum absolute atomic E-state index is 14.1. The number of rotatable bonds is 21. The molecule has 0 aromatic heterocycles. The van der Waals surface area contributed by atoms with E-state index in [9.17, 15) is 15.0 Å². The third-order valence-corrected chi connectivity index (χ3v) is 11.5. The standard InChI is InChI=1S/C47H60N2O8/c1-5-9-28-53-46(52)49(24-6-2)43-32-41(48-55-8-4)39-30-35(18-12-14-25-50)38(19-13-15-26-51)44-40-31-37(56-36-21-20-33-16-10-11-17-34(33)29-36)22-23-42(40)57-47(43,45(39)44)54-27-7-3/h5,7,10-11,16-17,20-23,29-31,35,38,43-45,50-51H,1,3,6,8-9,12-15,18-19,24-28,32H2,2,4H3/t35-,38+,43-,44+,45+,47+/m0/s1. The largest absolute Gasteiger partial charge is 0.459 e. The van der Waals surface area contributed by atoms with Gasteiger partial charge in [0.05, 0.1) is 24.8 Å². The number of nitrogens with zero attached hydrogens (tertiary/aromatic N) is 2. The third kappa shape index (κ3) is 9.24. The van der Waals surface area contributed by atoms with Crippen LogP contribution in [0.4, 0.5) is 4.79 Å². The van der Waals surface area contributed by atoms with Gasteiger partial charge in [0.1, 0.15) is 29.9 Å². The number of oxime groups is 1. The number of fused-ring (bicyclic) bond motifs is 3. The minimum absolute atomic E-state index is 0.0977. The predicted molar refractivity (Wildman–Crippen MR) is 224 cm³/mol. The highest BCUT2D eigenvalue weighted by Crippen LogP contribution is 2.62. The molecule has 1 fully saturated rings. The summed E-state index contributed by atoms with van der Waals surface area (Å²) < 4.78 is 26.8. The topological polar surface area (TPSA) is 119 Å². The van der Waals surface area contributed by atoms with Gasteiger partial charge in [-0.15, -0.1) is 13.2 Å². The SMILES string of the molecule is C=CCCOC(=O)N(CCC)[C@H]1CC(=NOCC)C2=C[C@H](CCCCO)[C@@H](CCCCO)[C@@H]3c4cc(Oc5ccc6ccccc6c5)ccc4O[C@@]1(OCC=C)[C@H]23. The number of hydrogen-bond donors (Lipinski definition) is 2. The summed E-state index contributed by atoms with van der Waals surface area (Å²) in [6, 6.07) is 19.7. The number of carbonyl (C=O) groups excluding carboxylic acids is 1. The van der Waals surface area contributed by atoms with E-state index in [0.29, 0.717) is 56.8 Å². The van der Waals surface area contributed by atoms with Gasteiger partial charge in [-0.3, -0.25) is 4.90 Å². The van der Waals surface area contributed by atoms with Gasteiger partial charge >= 0.3 is 6.09 Å². The predicted octanol–water partition coefficient (Wildman–Crippen LogP) is 9.71. The van der Waals surface area contributed by atoms with E-state index in [0.717, 1.165) is 59.1 Å². The van der Waals surface area contributed by atoms with Crippen molar-refractivity contribution in [1.82, 2.24) is 4.90 Å². The molecular weight excluding hydrogens is 721 g/mol. The van der Waals surface area contributed by atoms with Crippen molar-refractivity contribution in [3.8, 4) is 17.2 Å². The molecule has 1 heterocycles. The van der Waals surface area contributed by atoms with Gasteiger partial charge < -0.3 is 34.0 Å². The summed E-state index contributed by atoms with van der Waals surface area (Å²) in [6.45, 7) is 13.2. The number of hydrogen-bond acceptors (Lipinski definition) is 9. The molecule has 2 aliphatic carbocycles. The number of aliphatic hydroxyl groups is 2. The second-order valence-corrected chi connectivity index (χ2v) is 15.2. The Kier molecular flexibility index (Phi) is 14.9. The molecule has 0 spiro atoms. The lowest BCUT2D eigenvalue weighted by Crippen LogP contribution is -2.70. The molecule has 0 unspecified atom stereocenters. The monoisotopic (exact) mass is 780 g/mol. The second-order valence-electron chi connectivity index (χ2n) is 15.2. The lowest BCUT2D eigenvalue weighted by molar-refractivity contribution is -0.255. The van der Waals surface area contributed by atoms with E-state index in [1.54, 1.807) is 17.1 Å². The van der Waals surface area contributed by atoms with Crippen molar-refractivity contribution in [2.75, 3.05) is 39.6 Å². The van der Waals surface area contributed by atoms with Gasteiger partial charge in [-0.05, 0) is 104 Å². The van der Waals surface area contributed by atoms with Crippen LogP contribution in [0, 0.1) is 17.8 Å². The summed E-state index contributed by atoms with van der Waals surface area (Å²) >= 11 is 0. The molecule has 2 N–H and O–H groups in total. The molecule has 0 radical (unpaired) electrons. The molecule has 1 saturated carbocycles. The van der Waals surface area contributed by atoms with E-state index in [2.05, 4.69) is 49.6 Å². The second kappa shape index (κ2) is 20.2. The molecule has 306 valence electrons. The highest BCUT2D eigenvalue weighted by Gasteiger charge is 2.65. The summed E-state index contributed by atoms with van der Waals surface area (Å²) in [7, 11) is 0. The zero-order chi connectivity index (χ0) is 40.2. The maximum atomic E-state index is 14.1. The summed E-state index contributed by atoms with van der Waals surface area (Å²) in [4.78, 5) is 21.7. The lowest BCUT2D eigenvalue weighted by Gasteiger charge is -2.59. The Morgan fingerprint density at radius 3 is 2.46 bits per heavy atom. The molecule has 3 aliphatic rings. The highest BCUT2D eigenvalue weighted by molar-refractivity contribution is 6.03. The minimum atomic E-state index is -1.35. The van der Waals surface area contributed by atoms with E-state index < -0.39 is 23.8 Å². The maximum Gasteiger partial charge on any atom is 0.410 e. The van der Waals surface area contributed by atoms with Gasteiger partial charge in [0.2, 0.25) is 5.79 Å². The molecule has 10 nitrogen and oxygen atoms in total. The quantitative estimate of drug-likeness (QED) is 0.0623. The number of benzene rings is 3. The molecule has 0 saturated heterocycles. The first-order chi connectivity index (χ1) is 27.9. The Balaban J connectivity index is 1.56. The fourth-order valence-corrected chi connectivity index (χ4v) is 9.15. The number of aliphatic hydroxyl groups excluding tert-OH is 2. The molecule has 10 heteroatoms. The van der Waals surface area contributed by atoms with Crippen molar-refractivity contribution in [2.45, 2.75) is 89.4 Å². The summed E-state index contributed by atoms with van der Waals surface area (Å²) in [5.74, 6) is 0.386. The molecule has 6 atom stereocenters. The van der Waals surface area contributed by atoms with Crippen LogP contribution < -0.4 is 9.47 Å². The first kappa shape index (κ1) is 42.0. The normalized spacial score (nSPS) is 24.1. The van der Waals surface area contributed by atoms with Crippen molar-refractivity contribution in [3.05, 3.63) is 103 Å². The number of allylic oxidation sites excluding steroid dienone is 1. The number of carbonyl (C=O) groups is 1. The first-order valence-corrected chi connectivity index (χ1v) is 20.8. The van der Waals surface area contributed by atoms with Crippen LogP contribution in [0.5, 0.6) is 17.2 Å². The molecule has 1 amide bonds. The minimum Gasteiger partial charge on any atom is -0.459 e. The summed E-state index contributed by atoms with van der Waals surface area (Å²) in [5, 5.41) is 26.7. The number of unbranched alkanes of at least 4 members (excludes halogenated alkanes) is 2. The van der Waals surface area contributed by atoms with Gasteiger partial charge in [-0.25, -0.2) is 4.79 Å². The Morgan fingerprint density at radius 1 is 0.965 bits per heavy atom. The van der Waals surface area contributed by atoms with Crippen molar-refractivity contribution < 1.29 is 38.8 Å². The molecule has 1 aliphatic heterocycles. The van der Waals surface area contributed by atoms with Crippen LogP contribution >= 0.6 is 0 Å². The van der Waals surface area contributed by atoms with Gasteiger partial charge in [-0.1, -0.05) is 73.5 Å². The van der Waals surface area contributed by atoms with Gasteiger partial charge in [-0.2, -0.15) is 0 Å². The average Bonchev–Trinajstić information content (AvgIpc) is 3.22. The Labute approximate surface area is 337 Å². The van der Waals surface area contributed by atoms with Crippen molar-refractivity contribution in [1.29, 1.82) is 0 Å². The zero-order valence-electron chi connectivity index (χ0n) is 33.7. The Hall–Kier alpha value is -4.64. The van der Waals surface area contributed by atoms with Crippen LogP contribution in [0.25, 0.3) is 10.8 Å². The van der Waals surface area contributed by atoms with E-state index in [-0.39, 0.29) is 44.2 Å². The van der Waals surface area contributed by atoms with Crippen LogP contribution in [0.2, 0.25) is 0 Å². The van der Waals surface area contributed by atoms with E-state index >= 15 is 0 Å². The van der Waals surface area contributed by atoms with Crippen LogP contribution in [0.15, 0.2) is 103 Å². The van der Waals surface area contributed by atoms with Crippen molar-refractivity contribution in [3.63, 3.8) is 0 Å². The van der Waals surface area contributed by atoms with Crippen LogP contribution in [-0.2, 0) is 14.3 Å². The summed E-state index contributed by atoms with van der Waals surface area (Å²) in [5.41, 5.74) is 2.74. The first-order valence-electron chi connectivity index (χ1n) is 20.8. The average molecular weight is 781 g/mol. The summed E-state index contributed by atoms with van der Waals surface area (Å²) in [6.07, 6.45) is 11.7. The van der Waals surface area contributed by atoms with E-state index in [1.165, 1.54) is 0 Å². The van der Waals surface area contributed by atoms with Gasteiger partial charge in [0.25, 0.3) is 0 Å². The van der Waals surface area contributed by atoms with Crippen molar-refractivity contribution >= 4 is 22.6 Å². The smallest absolute Gasteiger partial charge is 0.410 e. The van der Waals surface area contributed by atoms with Crippen LogP contribution in [-0.4, -0.2) is 78.3 Å². The van der Waals surface area contributed by atoms with Crippen LogP contribution in [0.1, 0.15) is 83.1 Å². The lowest BCUT2D eigenvalue weighted by atomic mass is 9.55. The van der Waals surface area contributed by atoms with Gasteiger partial charge in [0, 0.05) is 37.7 Å². The van der Waals surface area contributed by atoms with E-state index in [4.69, 9.17) is 28.9 Å². The molecule has 57 heavy (non-hydrogen) atoms. The molecule has 6 rings (SSSR count).